The number of benzene rings is 1. The molecule has 0 unspecified atom stereocenters. The van der Waals surface area contributed by atoms with Gasteiger partial charge in [0.1, 0.15) is 0 Å². The second kappa shape index (κ2) is 6.59. The average molecular weight is 299 g/mol. The minimum Gasteiger partial charge on any atom is -0.324 e. The Labute approximate surface area is 128 Å². The highest BCUT2D eigenvalue weighted by molar-refractivity contribution is 5.96. The first-order valence-corrected chi connectivity index (χ1v) is 6.69. The van der Waals surface area contributed by atoms with E-state index in [2.05, 4.69) is 26.1 Å². The number of carbonyl (C=O) groups is 1. The maximum atomic E-state index is 12.2. The lowest BCUT2D eigenvalue weighted by Crippen LogP contribution is -2.45. The van der Waals surface area contributed by atoms with Gasteiger partial charge < -0.3 is 11.1 Å². The van der Waals surface area contributed by atoms with Crippen molar-refractivity contribution < 1.29 is 4.79 Å². The normalized spacial score (nSPS) is 13.3. The monoisotopic (exact) mass is 298 g/mol. The van der Waals surface area contributed by atoms with Crippen LogP contribution in [0, 0.1) is 5.41 Å². The predicted molar refractivity (Wildman–Crippen MR) is 88.5 cm³/mol. The third kappa shape index (κ3) is 4.80. The number of nitrogens with one attached hydrogen (secondary N) is 1. The lowest BCUT2D eigenvalue weighted by molar-refractivity contribution is -0.119. The predicted octanol–water partition coefficient (Wildman–Crippen LogP) is 3.72. The molecule has 0 aliphatic carbocycles. The Morgan fingerprint density at radius 1 is 1.10 bits per heavy atom. The van der Waals surface area contributed by atoms with Crippen molar-refractivity contribution in [1.82, 2.24) is 0 Å². The first kappa shape index (κ1) is 18.9. The Hall–Kier alpha value is -1.06. The SMILES string of the molecule is CC(C)(C)c1ccccc1NC(=O)[C@@H](N)C(C)(C)C.Cl. The van der Waals surface area contributed by atoms with Crippen LogP contribution in [0.25, 0.3) is 0 Å². The molecule has 0 heterocycles. The number of rotatable bonds is 2. The van der Waals surface area contributed by atoms with Crippen molar-refractivity contribution in [2.75, 3.05) is 5.32 Å². The lowest BCUT2D eigenvalue weighted by Gasteiger charge is -2.28. The van der Waals surface area contributed by atoms with E-state index < -0.39 is 6.04 Å². The molecule has 114 valence electrons. The number of anilines is 1. The van der Waals surface area contributed by atoms with Crippen molar-refractivity contribution in [1.29, 1.82) is 0 Å². The Morgan fingerprint density at radius 2 is 1.60 bits per heavy atom. The molecule has 0 bridgehead atoms. The molecule has 20 heavy (non-hydrogen) atoms. The number of halogens is 1. The number of hydrogen-bond donors (Lipinski definition) is 2. The maximum absolute atomic E-state index is 12.2. The van der Waals surface area contributed by atoms with E-state index in [1.54, 1.807) is 0 Å². The quantitative estimate of drug-likeness (QED) is 0.874. The molecule has 1 rings (SSSR count). The van der Waals surface area contributed by atoms with E-state index in [0.717, 1.165) is 11.3 Å². The molecule has 1 aromatic rings. The molecule has 0 fully saturated rings. The van der Waals surface area contributed by atoms with Crippen molar-refractivity contribution in [2.24, 2.45) is 11.1 Å². The summed E-state index contributed by atoms with van der Waals surface area (Å²) in [5.41, 5.74) is 7.68. The maximum Gasteiger partial charge on any atom is 0.241 e. The van der Waals surface area contributed by atoms with Gasteiger partial charge in [0, 0.05) is 5.69 Å². The van der Waals surface area contributed by atoms with Crippen molar-refractivity contribution in [3.8, 4) is 0 Å². The summed E-state index contributed by atoms with van der Waals surface area (Å²) < 4.78 is 0. The van der Waals surface area contributed by atoms with Crippen LogP contribution in [0.3, 0.4) is 0 Å². The highest BCUT2D eigenvalue weighted by Crippen LogP contribution is 2.29. The second-order valence-corrected chi connectivity index (χ2v) is 7.13. The summed E-state index contributed by atoms with van der Waals surface area (Å²) in [6, 6.07) is 7.35. The van der Waals surface area contributed by atoms with Crippen molar-refractivity contribution in [2.45, 2.75) is 53.0 Å². The third-order valence-corrected chi connectivity index (χ3v) is 3.21. The first-order chi connectivity index (χ1) is 8.53. The van der Waals surface area contributed by atoms with Gasteiger partial charge in [-0.1, -0.05) is 59.7 Å². The molecule has 0 spiro atoms. The summed E-state index contributed by atoms with van der Waals surface area (Å²) in [4.78, 5) is 12.2. The molecule has 0 aromatic heterocycles. The standard InChI is InChI=1S/C16H26N2O.ClH/c1-15(2,3)11-9-7-8-10-12(11)18-14(19)13(17)16(4,5)6;/h7-10,13H,17H2,1-6H3,(H,18,19);1H/t13-;/m1./s1. The van der Waals surface area contributed by atoms with E-state index in [-0.39, 0.29) is 29.1 Å². The van der Waals surface area contributed by atoms with Crippen LogP contribution in [0.2, 0.25) is 0 Å². The first-order valence-electron chi connectivity index (χ1n) is 6.69. The Balaban J connectivity index is 0.00000361. The van der Waals surface area contributed by atoms with Gasteiger partial charge in [-0.2, -0.15) is 0 Å². The lowest BCUT2D eigenvalue weighted by atomic mass is 9.85. The highest BCUT2D eigenvalue weighted by Gasteiger charge is 2.28. The van der Waals surface area contributed by atoms with Crippen LogP contribution in [0.15, 0.2) is 24.3 Å². The molecule has 1 aromatic carbocycles. The summed E-state index contributed by atoms with van der Waals surface area (Å²) in [6.07, 6.45) is 0. The van der Waals surface area contributed by atoms with Crippen molar-refractivity contribution in [3.63, 3.8) is 0 Å². The van der Waals surface area contributed by atoms with E-state index >= 15 is 0 Å². The van der Waals surface area contributed by atoms with Crippen LogP contribution in [-0.2, 0) is 10.2 Å². The topological polar surface area (TPSA) is 55.1 Å². The number of nitrogens with two attached hydrogens (primary N) is 1. The van der Waals surface area contributed by atoms with Crippen molar-refractivity contribution >= 4 is 24.0 Å². The summed E-state index contributed by atoms with van der Waals surface area (Å²) in [5, 5.41) is 2.96. The summed E-state index contributed by atoms with van der Waals surface area (Å²) in [6.45, 7) is 12.3. The molecule has 3 N–H and O–H groups in total. The average Bonchev–Trinajstić information content (AvgIpc) is 2.26. The fraction of sp³-hybridized carbons (Fsp3) is 0.562. The molecule has 0 aliphatic heterocycles. The summed E-state index contributed by atoms with van der Waals surface area (Å²) in [5.74, 6) is -0.135. The van der Waals surface area contributed by atoms with Gasteiger partial charge in [0.15, 0.2) is 0 Å². The molecule has 3 nitrogen and oxygen atoms in total. The van der Waals surface area contributed by atoms with E-state index in [1.807, 2.05) is 45.0 Å². The Bertz CT molecular complexity index is 458. The molecule has 0 radical (unpaired) electrons. The second-order valence-electron chi connectivity index (χ2n) is 7.13. The molecule has 1 atom stereocenters. The van der Waals surface area contributed by atoms with Crippen LogP contribution in [-0.4, -0.2) is 11.9 Å². The molecule has 4 heteroatoms. The highest BCUT2D eigenvalue weighted by atomic mass is 35.5. The van der Waals surface area contributed by atoms with E-state index in [0.29, 0.717) is 0 Å². The van der Waals surface area contributed by atoms with Gasteiger partial charge in [-0.15, -0.1) is 12.4 Å². The van der Waals surface area contributed by atoms with Gasteiger partial charge >= 0.3 is 0 Å². The van der Waals surface area contributed by atoms with Gasteiger partial charge in [-0.05, 0) is 22.5 Å². The Morgan fingerprint density at radius 3 is 2.05 bits per heavy atom. The number of amides is 1. The molecule has 0 aliphatic rings. The molecular formula is C16H27ClN2O. The molecular weight excluding hydrogens is 272 g/mol. The van der Waals surface area contributed by atoms with E-state index in [9.17, 15) is 4.79 Å². The van der Waals surface area contributed by atoms with Crippen LogP contribution in [0.4, 0.5) is 5.69 Å². The van der Waals surface area contributed by atoms with Gasteiger partial charge in [-0.25, -0.2) is 0 Å². The minimum absolute atomic E-state index is 0. The fourth-order valence-corrected chi connectivity index (χ4v) is 1.85. The van der Waals surface area contributed by atoms with E-state index in [1.165, 1.54) is 0 Å². The van der Waals surface area contributed by atoms with Crippen molar-refractivity contribution in [3.05, 3.63) is 29.8 Å². The number of para-hydroxylation sites is 1. The van der Waals surface area contributed by atoms with E-state index in [4.69, 9.17) is 5.73 Å². The Kier molecular flexibility index (Phi) is 6.25. The summed E-state index contributed by atoms with van der Waals surface area (Å²) >= 11 is 0. The van der Waals surface area contributed by atoms with Gasteiger partial charge in [0.2, 0.25) is 5.91 Å². The van der Waals surface area contributed by atoms with Crippen LogP contribution < -0.4 is 11.1 Å². The summed E-state index contributed by atoms with van der Waals surface area (Å²) in [7, 11) is 0. The van der Waals surface area contributed by atoms with Crippen LogP contribution >= 0.6 is 12.4 Å². The van der Waals surface area contributed by atoms with Gasteiger partial charge in [0.25, 0.3) is 0 Å². The molecule has 0 saturated heterocycles. The zero-order valence-corrected chi connectivity index (χ0v) is 14.1. The fourth-order valence-electron chi connectivity index (χ4n) is 1.85. The zero-order chi connectivity index (χ0) is 14.8. The smallest absolute Gasteiger partial charge is 0.241 e. The minimum atomic E-state index is -0.527. The third-order valence-electron chi connectivity index (χ3n) is 3.21. The molecule has 0 saturated carbocycles. The number of carbonyl (C=O) groups excluding carboxylic acids is 1. The van der Waals surface area contributed by atoms with Gasteiger partial charge in [0.05, 0.1) is 6.04 Å². The molecule has 1 amide bonds. The number of hydrogen-bond acceptors (Lipinski definition) is 2. The zero-order valence-electron chi connectivity index (χ0n) is 13.3. The largest absolute Gasteiger partial charge is 0.324 e. The van der Waals surface area contributed by atoms with Gasteiger partial charge in [-0.3, -0.25) is 4.79 Å². The van der Waals surface area contributed by atoms with Crippen LogP contribution in [0.1, 0.15) is 47.1 Å². The van der Waals surface area contributed by atoms with Crippen LogP contribution in [0.5, 0.6) is 0 Å².